The van der Waals surface area contributed by atoms with E-state index in [9.17, 15) is 4.79 Å². The summed E-state index contributed by atoms with van der Waals surface area (Å²) in [6.45, 7) is 5.99. The molecule has 3 aromatic rings. The Kier molecular flexibility index (Phi) is 5.75. The lowest BCUT2D eigenvalue weighted by molar-refractivity contribution is -0.113. The van der Waals surface area contributed by atoms with Gasteiger partial charge in [0.2, 0.25) is 11.1 Å². The second-order valence-electron chi connectivity index (χ2n) is 6.26. The molecule has 0 saturated carbocycles. The number of anilines is 1. The van der Waals surface area contributed by atoms with Crippen molar-refractivity contribution >= 4 is 23.4 Å². The summed E-state index contributed by atoms with van der Waals surface area (Å²) in [6, 6.07) is 11.7. The van der Waals surface area contributed by atoms with Crippen LogP contribution in [0.4, 0.5) is 5.69 Å². The highest BCUT2D eigenvalue weighted by Crippen LogP contribution is 2.27. The smallest absolute Gasteiger partial charge is 0.234 e. The lowest BCUT2D eigenvalue weighted by Crippen LogP contribution is -2.15. The predicted molar refractivity (Wildman–Crippen MR) is 106 cm³/mol. The van der Waals surface area contributed by atoms with Gasteiger partial charge in [-0.15, -0.1) is 5.10 Å². The predicted octanol–water partition coefficient (Wildman–Crippen LogP) is 3.33. The molecular weight excluding hydrogens is 362 g/mol. The number of nitrogens with one attached hydrogen (secondary N) is 1. The summed E-state index contributed by atoms with van der Waals surface area (Å²) in [5.74, 6) is 0.742. The SMILES string of the molecule is COc1ccc(C)cc1-n1nnnc1SCC(=O)Nc1cc(C)cc(C)c1. The summed E-state index contributed by atoms with van der Waals surface area (Å²) in [7, 11) is 1.60. The Balaban J connectivity index is 1.72. The third-order valence-electron chi connectivity index (χ3n) is 3.84. The third-order valence-corrected chi connectivity index (χ3v) is 4.76. The zero-order chi connectivity index (χ0) is 19.4. The van der Waals surface area contributed by atoms with Gasteiger partial charge in [0.25, 0.3) is 0 Å². The summed E-state index contributed by atoms with van der Waals surface area (Å²) >= 11 is 1.27. The maximum absolute atomic E-state index is 12.3. The van der Waals surface area contributed by atoms with Crippen molar-refractivity contribution in [3.05, 3.63) is 53.1 Å². The van der Waals surface area contributed by atoms with Crippen LogP contribution in [0.1, 0.15) is 16.7 Å². The molecule has 7 nitrogen and oxygen atoms in total. The molecule has 0 radical (unpaired) electrons. The molecule has 1 amide bonds. The van der Waals surface area contributed by atoms with Crippen LogP contribution in [0.3, 0.4) is 0 Å². The van der Waals surface area contributed by atoms with E-state index in [1.165, 1.54) is 11.8 Å². The standard InChI is InChI=1S/C19H21N5O2S/c1-12-5-6-17(26-4)16(10-12)24-19(21-22-23-24)27-11-18(25)20-15-8-13(2)7-14(3)9-15/h5-10H,11H2,1-4H3,(H,20,25). The zero-order valence-electron chi connectivity index (χ0n) is 15.7. The summed E-state index contributed by atoms with van der Waals surface area (Å²) in [6.07, 6.45) is 0. The van der Waals surface area contributed by atoms with Crippen LogP contribution in [0, 0.1) is 20.8 Å². The van der Waals surface area contributed by atoms with Gasteiger partial charge in [0.15, 0.2) is 0 Å². The minimum absolute atomic E-state index is 0.115. The molecule has 0 aliphatic heterocycles. The van der Waals surface area contributed by atoms with Crippen molar-refractivity contribution in [1.29, 1.82) is 0 Å². The first-order valence-corrected chi connectivity index (χ1v) is 9.39. The molecule has 2 aromatic carbocycles. The van der Waals surface area contributed by atoms with Gasteiger partial charge in [-0.05, 0) is 72.2 Å². The Labute approximate surface area is 162 Å². The van der Waals surface area contributed by atoms with Crippen LogP contribution in [0.15, 0.2) is 41.6 Å². The molecule has 0 unspecified atom stereocenters. The number of carbonyl (C=O) groups is 1. The number of carbonyl (C=O) groups excluding carboxylic acids is 1. The number of hydrogen-bond donors (Lipinski definition) is 1. The number of aryl methyl sites for hydroxylation is 3. The second-order valence-corrected chi connectivity index (χ2v) is 7.20. The maximum atomic E-state index is 12.3. The van der Waals surface area contributed by atoms with E-state index < -0.39 is 0 Å². The first-order chi connectivity index (χ1) is 13.0. The van der Waals surface area contributed by atoms with Crippen molar-refractivity contribution in [3.63, 3.8) is 0 Å². The lowest BCUT2D eigenvalue weighted by Gasteiger charge is -2.10. The number of thioether (sulfide) groups is 1. The molecule has 0 atom stereocenters. The summed E-state index contributed by atoms with van der Waals surface area (Å²) in [5, 5.41) is 15.3. The average molecular weight is 383 g/mol. The van der Waals surface area contributed by atoms with Crippen molar-refractivity contribution < 1.29 is 9.53 Å². The number of rotatable bonds is 6. The Bertz CT molecular complexity index is 950. The number of methoxy groups -OCH3 is 1. The molecular formula is C19H21N5O2S. The van der Waals surface area contributed by atoms with Gasteiger partial charge >= 0.3 is 0 Å². The molecule has 1 N–H and O–H groups in total. The van der Waals surface area contributed by atoms with Gasteiger partial charge in [-0.3, -0.25) is 4.79 Å². The van der Waals surface area contributed by atoms with E-state index >= 15 is 0 Å². The van der Waals surface area contributed by atoms with Crippen LogP contribution < -0.4 is 10.1 Å². The number of benzene rings is 2. The van der Waals surface area contributed by atoms with E-state index in [4.69, 9.17) is 4.74 Å². The highest BCUT2D eigenvalue weighted by Gasteiger charge is 2.15. The summed E-state index contributed by atoms with van der Waals surface area (Å²) in [5.41, 5.74) is 4.80. The molecule has 8 heteroatoms. The van der Waals surface area contributed by atoms with Gasteiger partial charge in [-0.1, -0.05) is 23.9 Å². The highest BCUT2D eigenvalue weighted by molar-refractivity contribution is 7.99. The van der Waals surface area contributed by atoms with Crippen molar-refractivity contribution in [1.82, 2.24) is 20.2 Å². The fraction of sp³-hybridized carbons (Fsp3) is 0.263. The molecule has 0 bridgehead atoms. The molecule has 1 heterocycles. The number of aromatic nitrogens is 4. The van der Waals surface area contributed by atoms with Crippen molar-refractivity contribution in [2.75, 3.05) is 18.2 Å². The number of tetrazole rings is 1. The van der Waals surface area contributed by atoms with Gasteiger partial charge < -0.3 is 10.1 Å². The molecule has 27 heavy (non-hydrogen) atoms. The largest absolute Gasteiger partial charge is 0.494 e. The van der Waals surface area contributed by atoms with E-state index in [0.29, 0.717) is 10.9 Å². The van der Waals surface area contributed by atoms with Crippen molar-refractivity contribution in [2.24, 2.45) is 0 Å². The topological polar surface area (TPSA) is 81.9 Å². The Morgan fingerprint density at radius 3 is 2.56 bits per heavy atom. The summed E-state index contributed by atoms with van der Waals surface area (Å²) in [4.78, 5) is 12.3. The minimum Gasteiger partial charge on any atom is -0.494 e. The van der Waals surface area contributed by atoms with E-state index in [1.54, 1.807) is 11.8 Å². The molecule has 0 aliphatic rings. The molecule has 0 saturated heterocycles. The second kappa shape index (κ2) is 8.22. The van der Waals surface area contributed by atoms with Crippen LogP contribution in [0.5, 0.6) is 5.75 Å². The van der Waals surface area contributed by atoms with Crippen LogP contribution in [-0.2, 0) is 4.79 Å². The molecule has 3 rings (SSSR count). The van der Waals surface area contributed by atoms with Gasteiger partial charge in [-0.25, -0.2) is 0 Å². The zero-order valence-corrected chi connectivity index (χ0v) is 16.5. The van der Waals surface area contributed by atoms with Crippen LogP contribution in [0.25, 0.3) is 5.69 Å². The molecule has 0 spiro atoms. The van der Waals surface area contributed by atoms with Crippen molar-refractivity contribution in [2.45, 2.75) is 25.9 Å². The Morgan fingerprint density at radius 2 is 1.85 bits per heavy atom. The highest BCUT2D eigenvalue weighted by atomic mass is 32.2. The van der Waals surface area contributed by atoms with E-state index in [-0.39, 0.29) is 11.7 Å². The quantitative estimate of drug-likeness (QED) is 0.658. The normalized spacial score (nSPS) is 10.7. The number of amides is 1. The van der Waals surface area contributed by atoms with Crippen LogP contribution in [0.2, 0.25) is 0 Å². The fourth-order valence-corrected chi connectivity index (χ4v) is 3.44. The number of hydrogen-bond acceptors (Lipinski definition) is 6. The monoisotopic (exact) mass is 383 g/mol. The Hall–Kier alpha value is -2.87. The van der Waals surface area contributed by atoms with Crippen LogP contribution in [-0.4, -0.2) is 39.0 Å². The van der Waals surface area contributed by atoms with E-state index in [2.05, 4.69) is 26.9 Å². The summed E-state index contributed by atoms with van der Waals surface area (Å²) < 4.78 is 6.99. The minimum atomic E-state index is -0.115. The van der Waals surface area contributed by atoms with Crippen molar-refractivity contribution in [3.8, 4) is 11.4 Å². The maximum Gasteiger partial charge on any atom is 0.234 e. The molecule has 1 aromatic heterocycles. The molecule has 0 aliphatic carbocycles. The van der Waals surface area contributed by atoms with Gasteiger partial charge in [0, 0.05) is 5.69 Å². The van der Waals surface area contributed by atoms with Gasteiger partial charge in [0.05, 0.1) is 12.9 Å². The third kappa shape index (κ3) is 4.65. The van der Waals surface area contributed by atoms with E-state index in [1.807, 2.05) is 51.1 Å². The molecule has 0 fully saturated rings. The lowest BCUT2D eigenvalue weighted by atomic mass is 10.1. The van der Waals surface area contributed by atoms with E-state index in [0.717, 1.165) is 28.1 Å². The Morgan fingerprint density at radius 1 is 1.11 bits per heavy atom. The average Bonchev–Trinajstić information content (AvgIpc) is 3.07. The first-order valence-electron chi connectivity index (χ1n) is 8.40. The van der Waals surface area contributed by atoms with Crippen LogP contribution >= 0.6 is 11.8 Å². The number of ether oxygens (including phenoxy) is 1. The van der Waals surface area contributed by atoms with Gasteiger partial charge in [-0.2, -0.15) is 4.68 Å². The van der Waals surface area contributed by atoms with Gasteiger partial charge in [0.1, 0.15) is 11.4 Å². The molecule has 140 valence electrons. The number of nitrogens with zero attached hydrogens (tertiary/aromatic N) is 4. The first kappa shape index (κ1) is 18.9. The fourth-order valence-electron chi connectivity index (χ4n) is 2.76.